The molecule has 2 aromatic carbocycles. The number of aromatic amines is 1. The minimum Gasteiger partial charge on any atom is -0.496 e. The highest BCUT2D eigenvalue weighted by Crippen LogP contribution is 2.47. The van der Waals surface area contributed by atoms with Crippen LogP contribution in [-0.4, -0.2) is 64.8 Å². The van der Waals surface area contributed by atoms with Gasteiger partial charge >= 0.3 is 12.1 Å². The Kier molecular flexibility index (Phi) is 6.24. The van der Waals surface area contributed by atoms with Crippen molar-refractivity contribution in [3.8, 4) is 5.75 Å². The van der Waals surface area contributed by atoms with Crippen LogP contribution in [0.1, 0.15) is 46.3 Å². The van der Waals surface area contributed by atoms with E-state index < -0.39 is 24.2 Å². The van der Waals surface area contributed by atoms with Gasteiger partial charge in [-0.25, -0.2) is 4.79 Å². The van der Waals surface area contributed by atoms with Crippen molar-refractivity contribution < 1.29 is 27.8 Å². The van der Waals surface area contributed by atoms with Gasteiger partial charge in [-0.3, -0.25) is 9.80 Å². The minimum absolute atomic E-state index is 0.192. The van der Waals surface area contributed by atoms with E-state index in [1.807, 2.05) is 37.4 Å². The van der Waals surface area contributed by atoms with Crippen LogP contribution in [0.4, 0.5) is 13.2 Å². The van der Waals surface area contributed by atoms with Crippen molar-refractivity contribution in [3.63, 3.8) is 0 Å². The summed E-state index contributed by atoms with van der Waals surface area (Å²) in [4.78, 5) is 18.6. The summed E-state index contributed by atoms with van der Waals surface area (Å²) in [6, 6.07) is 10.6. The Bertz CT molecular complexity index is 1270. The lowest BCUT2D eigenvalue weighted by Gasteiger charge is -2.48. The number of fused-ring (bicyclic) bond motifs is 5. The first-order valence-electron chi connectivity index (χ1n) is 12.1. The van der Waals surface area contributed by atoms with Gasteiger partial charge in [0.05, 0.1) is 19.2 Å². The molecule has 36 heavy (non-hydrogen) atoms. The molecule has 9 heteroatoms. The zero-order valence-corrected chi connectivity index (χ0v) is 20.4. The molecule has 3 aliphatic rings. The molecule has 2 unspecified atom stereocenters. The smallest absolute Gasteiger partial charge is 0.401 e. The van der Waals surface area contributed by atoms with Crippen molar-refractivity contribution >= 4 is 16.9 Å². The average molecular weight is 502 g/mol. The van der Waals surface area contributed by atoms with E-state index in [4.69, 9.17) is 4.74 Å². The molecule has 3 saturated heterocycles. The van der Waals surface area contributed by atoms with E-state index in [0.717, 1.165) is 33.3 Å². The highest BCUT2D eigenvalue weighted by atomic mass is 19.4. The van der Waals surface area contributed by atoms with E-state index in [9.17, 15) is 23.1 Å². The third-order valence-corrected chi connectivity index (χ3v) is 7.99. The van der Waals surface area contributed by atoms with Gasteiger partial charge in [-0.05, 0) is 61.6 Å². The molecular formula is C27H30F3N3O3. The maximum Gasteiger partial charge on any atom is 0.401 e. The van der Waals surface area contributed by atoms with E-state index in [0.29, 0.717) is 38.9 Å². The number of hydrogen-bond donors (Lipinski definition) is 2. The number of aromatic nitrogens is 1. The first-order chi connectivity index (χ1) is 17.1. The lowest BCUT2D eigenvalue weighted by atomic mass is 9.77. The van der Waals surface area contributed by atoms with Crippen molar-refractivity contribution in [2.75, 3.05) is 26.7 Å². The molecule has 2 atom stereocenters. The number of piperidine rings is 1. The number of carbonyl (C=O) groups is 1. The summed E-state index contributed by atoms with van der Waals surface area (Å²) in [5, 5.41) is 10.4. The van der Waals surface area contributed by atoms with Crippen LogP contribution < -0.4 is 4.74 Å². The lowest BCUT2D eigenvalue weighted by Crippen LogP contribution is -2.53. The van der Waals surface area contributed by atoms with Gasteiger partial charge < -0.3 is 14.8 Å². The Morgan fingerprint density at radius 1 is 1.22 bits per heavy atom. The molecule has 192 valence electrons. The van der Waals surface area contributed by atoms with Crippen molar-refractivity contribution in [1.82, 2.24) is 14.8 Å². The number of aryl methyl sites for hydroxylation is 1. The van der Waals surface area contributed by atoms with E-state index in [2.05, 4.69) is 9.88 Å². The molecule has 6 nitrogen and oxygen atoms in total. The van der Waals surface area contributed by atoms with E-state index in [-0.39, 0.29) is 11.6 Å². The van der Waals surface area contributed by atoms with Gasteiger partial charge in [0.2, 0.25) is 0 Å². The zero-order chi connectivity index (χ0) is 25.7. The molecule has 2 bridgehead atoms. The van der Waals surface area contributed by atoms with Gasteiger partial charge in [-0.1, -0.05) is 12.1 Å². The molecular weight excluding hydrogens is 471 g/mol. The van der Waals surface area contributed by atoms with Crippen LogP contribution in [0.3, 0.4) is 0 Å². The molecule has 4 heterocycles. The van der Waals surface area contributed by atoms with Gasteiger partial charge in [-0.15, -0.1) is 0 Å². The molecule has 0 aliphatic carbocycles. The number of hydrogen-bond acceptors (Lipinski definition) is 4. The molecule has 1 aromatic heterocycles. The molecule has 0 amide bonds. The van der Waals surface area contributed by atoms with Gasteiger partial charge in [-0.2, -0.15) is 13.2 Å². The van der Waals surface area contributed by atoms with Crippen LogP contribution in [0.2, 0.25) is 0 Å². The number of carboxylic acid groups (broad SMARTS) is 1. The maximum absolute atomic E-state index is 13.4. The SMILES string of the molecule is COc1cc(C)c2[nH]ccc2c1CN1CC2CCC1(c1ccc(C(=O)O)cc1)CCN2CC(F)(F)F. The number of nitrogens with zero attached hydrogens (tertiary/aromatic N) is 2. The van der Waals surface area contributed by atoms with Crippen LogP contribution in [0.15, 0.2) is 42.6 Å². The average Bonchev–Trinajstić information content (AvgIpc) is 3.22. The van der Waals surface area contributed by atoms with Crippen LogP contribution in [0.25, 0.3) is 10.9 Å². The van der Waals surface area contributed by atoms with Gasteiger partial charge in [0.25, 0.3) is 0 Å². The molecule has 0 radical (unpaired) electrons. The Morgan fingerprint density at radius 3 is 2.64 bits per heavy atom. The number of H-pyrrole nitrogens is 1. The van der Waals surface area contributed by atoms with Gasteiger partial charge in [0.1, 0.15) is 5.75 Å². The number of ether oxygens (including phenoxy) is 1. The Morgan fingerprint density at radius 2 is 1.97 bits per heavy atom. The number of carboxylic acids is 1. The van der Waals surface area contributed by atoms with Crippen molar-refractivity contribution in [1.29, 1.82) is 0 Å². The van der Waals surface area contributed by atoms with Crippen molar-refractivity contribution in [3.05, 3.63) is 64.8 Å². The predicted molar refractivity (Wildman–Crippen MR) is 130 cm³/mol. The Balaban J connectivity index is 1.59. The van der Waals surface area contributed by atoms with Crippen molar-refractivity contribution in [2.45, 2.75) is 50.5 Å². The van der Waals surface area contributed by atoms with E-state index in [1.54, 1.807) is 24.1 Å². The molecule has 2 N–H and O–H groups in total. The number of nitrogens with one attached hydrogen (secondary N) is 1. The van der Waals surface area contributed by atoms with Gasteiger partial charge in [0, 0.05) is 53.9 Å². The summed E-state index contributed by atoms with van der Waals surface area (Å²) in [6.45, 7) is 2.41. The molecule has 0 spiro atoms. The monoisotopic (exact) mass is 501 g/mol. The van der Waals surface area contributed by atoms with Gasteiger partial charge in [0.15, 0.2) is 0 Å². The highest BCUT2D eigenvalue weighted by Gasteiger charge is 2.49. The quantitative estimate of drug-likeness (QED) is 0.479. The third-order valence-electron chi connectivity index (χ3n) is 7.99. The first-order valence-corrected chi connectivity index (χ1v) is 12.1. The highest BCUT2D eigenvalue weighted by molar-refractivity contribution is 5.88. The summed E-state index contributed by atoms with van der Waals surface area (Å²) in [6.07, 6.45) is -0.501. The summed E-state index contributed by atoms with van der Waals surface area (Å²) >= 11 is 0. The van der Waals surface area contributed by atoms with Crippen LogP contribution in [0, 0.1) is 6.92 Å². The fraction of sp³-hybridized carbons (Fsp3) is 0.444. The van der Waals surface area contributed by atoms with Crippen LogP contribution >= 0.6 is 0 Å². The summed E-state index contributed by atoms with van der Waals surface area (Å²) in [5.41, 5.74) is 3.70. The maximum atomic E-state index is 13.4. The minimum atomic E-state index is -4.26. The number of halogens is 3. The summed E-state index contributed by atoms with van der Waals surface area (Å²) in [5.74, 6) is -0.251. The summed E-state index contributed by atoms with van der Waals surface area (Å²) in [7, 11) is 1.64. The third kappa shape index (κ3) is 4.35. The fourth-order valence-electron chi connectivity index (χ4n) is 6.20. The first kappa shape index (κ1) is 24.6. The standard InChI is InChI=1S/C27H30F3N3O3/c1-17-13-23(36-2)22(21-8-11-31-24(17)21)15-33-14-20-7-9-26(33,10-12-32(20)16-27(28,29)30)19-5-3-18(4-6-19)25(34)35/h3-6,8,11,13,20,31H,7,9-10,12,14-16H2,1-2H3,(H,34,35). The second-order valence-corrected chi connectivity index (χ2v) is 9.96. The molecule has 3 aromatic rings. The Hall–Kier alpha value is -3.04. The summed E-state index contributed by atoms with van der Waals surface area (Å²) < 4.78 is 46.0. The van der Waals surface area contributed by atoms with Crippen LogP contribution in [0.5, 0.6) is 5.75 Å². The zero-order valence-electron chi connectivity index (χ0n) is 20.4. The Labute approximate surface area is 207 Å². The number of rotatable bonds is 6. The molecule has 3 fully saturated rings. The van der Waals surface area contributed by atoms with Crippen molar-refractivity contribution in [2.24, 2.45) is 0 Å². The van der Waals surface area contributed by atoms with Crippen LogP contribution in [-0.2, 0) is 12.1 Å². The normalized spacial score (nSPS) is 23.2. The second-order valence-electron chi connectivity index (χ2n) is 9.96. The van der Waals surface area contributed by atoms with E-state index in [1.165, 1.54) is 0 Å². The second kappa shape index (κ2) is 9.12. The topological polar surface area (TPSA) is 68.8 Å². The number of aromatic carboxylic acids is 1. The fourth-order valence-corrected chi connectivity index (χ4v) is 6.20. The molecule has 3 aliphatic heterocycles. The molecule has 6 rings (SSSR count). The number of benzene rings is 2. The number of methoxy groups -OCH3 is 1. The predicted octanol–water partition coefficient (Wildman–Crippen LogP) is 5.31. The number of alkyl halides is 3. The largest absolute Gasteiger partial charge is 0.496 e. The van der Waals surface area contributed by atoms with E-state index >= 15 is 0 Å². The lowest BCUT2D eigenvalue weighted by molar-refractivity contribution is -0.151. The molecule has 0 saturated carbocycles.